The Morgan fingerprint density at radius 1 is 1.05 bits per heavy atom. The number of hydrogen-bond donors (Lipinski definition) is 0. The molecule has 0 spiro atoms. The number of hydrogen-bond acceptors (Lipinski definition) is 4. The number of carbonyl (C=O) groups is 1. The van der Waals surface area contributed by atoms with Crippen LogP contribution in [0.4, 0.5) is 0 Å². The molecule has 0 radical (unpaired) electrons. The minimum absolute atomic E-state index is 0.145. The van der Waals surface area contributed by atoms with Crippen molar-refractivity contribution in [2.24, 2.45) is 0 Å². The number of piperazine rings is 1. The topological polar surface area (TPSA) is 32.8 Å². The van der Waals surface area contributed by atoms with Gasteiger partial charge >= 0.3 is 5.97 Å². The Hall–Kier alpha value is -1.39. The summed E-state index contributed by atoms with van der Waals surface area (Å²) in [6.45, 7) is 7.46. The molecule has 0 aromatic heterocycles. The average Bonchev–Trinajstić information content (AvgIpc) is 2.50. The van der Waals surface area contributed by atoms with Crippen LogP contribution < -0.4 is 0 Å². The van der Waals surface area contributed by atoms with Crippen molar-refractivity contribution in [1.82, 2.24) is 9.80 Å². The fourth-order valence-corrected chi connectivity index (χ4v) is 2.49. The lowest BCUT2D eigenvalue weighted by molar-refractivity contribution is -0.142. The molecule has 0 amide bonds. The van der Waals surface area contributed by atoms with E-state index in [4.69, 9.17) is 4.74 Å². The largest absolute Gasteiger partial charge is 0.468 e. The molecule has 0 saturated carbocycles. The van der Waals surface area contributed by atoms with E-state index in [0.717, 1.165) is 39.1 Å². The number of methoxy groups -OCH3 is 1. The molecule has 20 heavy (non-hydrogen) atoms. The highest BCUT2D eigenvalue weighted by atomic mass is 16.5. The van der Waals surface area contributed by atoms with Crippen molar-refractivity contribution in [1.29, 1.82) is 0 Å². The van der Waals surface area contributed by atoms with E-state index in [0.29, 0.717) is 6.54 Å². The predicted octanol–water partition coefficient (Wildman–Crippen LogP) is 1.54. The molecule has 1 aromatic rings. The van der Waals surface area contributed by atoms with Crippen LogP contribution in [0.3, 0.4) is 0 Å². The highest BCUT2D eigenvalue weighted by Crippen LogP contribution is 2.10. The molecule has 1 fully saturated rings. The smallest absolute Gasteiger partial charge is 0.319 e. The van der Waals surface area contributed by atoms with E-state index in [1.807, 2.05) is 0 Å². The van der Waals surface area contributed by atoms with Crippen molar-refractivity contribution >= 4 is 5.97 Å². The molecule has 2 rings (SSSR count). The van der Waals surface area contributed by atoms with Gasteiger partial charge < -0.3 is 4.74 Å². The fourth-order valence-electron chi connectivity index (χ4n) is 2.49. The molecule has 0 N–H and O–H groups in total. The highest BCUT2D eigenvalue weighted by Gasteiger charge is 2.19. The van der Waals surface area contributed by atoms with E-state index in [-0.39, 0.29) is 5.97 Å². The maximum absolute atomic E-state index is 11.2. The summed E-state index contributed by atoms with van der Waals surface area (Å²) in [5, 5.41) is 0. The van der Waals surface area contributed by atoms with Crippen LogP contribution in [0.5, 0.6) is 0 Å². The quantitative estimate of drug-likeness (QED) is 0.764. The molecular weight excluding hydrogens is 252 g/mol. The second-order valence-corrected chi connectivity index (χ2v) is 5.30. The monoisotopic (exact) mass is 276 g/mol. The van der Waals surface area contributed by atoms with E-state index in [1.165, 1.54) is 18.2 Å². The molecule has 0 unspecified atom stereocenters. The van der Waals surface area contributed by atoms with Crippen molar-refractivity contribution < 1.29 is 9.53 Å². The molecule has 0 aliphatic carbocycles. The third-order valence-electron chi connectivity index (χ3n) is 3.88. The van der Waals surface area contributed by atoms with E-state index in [1.54, 1.807) is 0 Å². The zero-order chi connectivity index (χ0) is 14.4. The van der Waals surface area contributed by atoms with Gasteiger partial charge in [0.25, 0.3) is 0 Å². The number of esters is 1. The number of rotatable bonds is 5. The van der Waals surface area contributed by atoms with E-state index >= 15 is 0 Å². The highest BCUT2D eigenvalue weighted by molar-refractivity contribution is 5.71. The molecule has 1 heterocycles. The van der Waals surface area contributed by atoms with Crippen molar-refractivity contribution in [3.05, 3.63) is 35.4 Å². The van der Waals surface area contributed by atoms with Gasteiger partial charge in [-0.25, -0.2) is 0 Å². The summed E-state index contributed by atoms with van der Waals surface area (Å²) in [4.78, 5) is 15.8. The summed E-state index contributed by atoms with van der Waals surface area (Å²) in [6, 6.07) is 8.87. The first-order valence-corrected chi connectivity index (χ1v) is 7.30. The van der Waals surface area contributed by atoms with Crippen molar-refractivity contribution in [2.75, 3.05) is 39.8 Å². The van der Waals surface area contributed by atoms with Gasteiger partial charge in [-0.05, 0) is 17.5 Å². The van der Waals surface area contributed by atoms with Gasteiger partial charge in [0.15, 0.2) is 0 Å². The first kappa shape index (κ1) is 15.0. The second-order valence-electron chi connectivity index (χ2n) is 5.30. The number of ether oxygens (including phenoxy) is 1. The Morgan fingerprint density at radius 2 is 1.60 bits per heavy atom. The average molecular weight is 276 g/mol. The normalized spacial score (nSPS) is 17.1. The van der Waals surface area contributed by atoms with Crippen LogP contribution in [0.25, 0.3) is 0 Å². The van der Waals surface area contributed by atoms with Gasteiger partial charge in [0.05, 0.1) is 13.7 Å². The van der Waals surface area contributed by atoms with Crippen molar-refractivity contribution in [2.45, 2.75) is 19.9 Å². The number of carbonyl (C=O) groups excluding carboxylic acids is 1. The number of nitrogens with zero attached hydrogens (tertiary/aromatic N) is 2. The van der Waals surface area contributed by atoms with Crippen molar-refractivity contribution in [3.63, 3.8) is 0 Å². The first-order valence-electron chi connectivity index (χ1n) is 7.30. The van der Waals surface area contributed by atoms with Crippen LogP contribution in [0.15, 0.2) is 24.3 Å². The summed E-state index contributed by atoms with van der Waals surface area (Å²) in [5.41, 5.74) is 2.75. The molecule has 4 nitrogen and oxygen atoms in total. The zero-order valence-corrected chi connectivity index (χ0v) is 12.5. The molecule has 1 aliphatic heterocycles. The van der Waals surface area contributed by atoms with Gasteiger partial charge in [-0.2, -0.15) is 0 Å². The summed E-state index contributed by atoms with van der Waals surface area (Å²) >= 11 is 0. The van der Waals surface area contributed by atoms with Gasteiger partial charge in [-0.1, -0.05) is 31.2 Å². The minimum atomic E-state index is -0.145. The maximum atomic E-state index is 11.2. The molecule has 110 valence electrons. The molecule has 0 atom stereocenters. The van der Waals surface area contributed by atoms with Crippen LogP contribution >= 0.6 is 0 Å². The Bertz CT molecular complexity index is 423. The van der Waals surface area contributed by atoms with Crippen LogP contribution in [0.2, 0.25) is 0 Å². The van der Waals surface area contributed by atoms with Gasteiger partial charge in [0, 0.05) is 32.7 Å². The van der Waals surface area contributed by atoms with Gasteiger partial charge in [0.1, 0.15) is 0 Å². The molecular formula is C16H24N2O2. The lowest BCUT2D eigenvalue weighted by Crippen LogP contribution is -2.47. The van der Waals surface area contributed by atoms with E-state index in [9.17, 15) is 4.79 Å². The Labute approximate surface area is 121 Å². The lowest BCUT2D eigenvalue weighted by atomic mass is 10.1. The van der Waals surface area contributed by atoms with Gasteiger partial charge in [-0.15, -0.1) is 0 Å². The molecule has 1 saturated heterocycles. The Kier molecular flexibility index (Phi) is 5.56. The third kappa shape index (κ3) is 4.32. The summed E-state index contributed by atoms with van der Waals surface area (Å²) in [6.07, 6.45) is 1.09. The van der Waals surface area contributed by atoms with Crippen LogP contribution in [0.1, 0.15) is 18.1 Å². The number of benzene rings is 1. The first-order chi connectivity index (χ1) is 9.71. The molecule has 4 heteroatoms. The SMILES string of the molecule is CCc1ccc(CN2CCN(CC(=O)OC)CC2)cc1. The molecule has 1 aromatic carbocycles. The fraction of sp³-hybridized carbons (Fsp3) is 0.562. The van der Waals surface area contributed by atoms with Crippen LogP contribution in [-0.2, 0) is 22.5 Å². The maximum Gasteiger partial charge on any atom is 0.319 e. The van der Waals surface area contributed by atoms with Gasteiger partial charge in [0.2, 0.25) is 0 Å². The summed E-state index contributed by atoms with van der Waals surface area (Å²) in [5.74, 6) is -0.145. The predicted molar refractivity (Wildman–Crippen MR) is 79.6 cm³/mol. The van der Waals surface area contributed by atoms with E-state index in [2.05, 4.69) is 41.0 Å². The summed E-state index contributed by atoms with van der Waals surface area (Å²) in [7, 11) is 1.44. The Balaban J connectivity index is 1.77. The zero-order valence-electron chi connectivity index (χ0n) is 12.5. The standard InChI is InChI=1S/C16H24N2O2/c1-3-14-4-6-15(7-5-14)12-17-8-10-18(11-9-17)13-16(19)20-2/h4-7H,3,8-13H2,1-2H3. The van der Waals surface area contributed by atoms with Gasteiger partial charge in [-0.3, -0.25) is 14.6 Å². The Morgan fingerprint density at radius 3 is 2.15 bits per heavy atom. The lowest BCUT2D eigenvalue weighted by Gasteiger charge is -2.34. The molecule has 0 bridgehead atoms. The summed E-state index contributed by atoms with van der Waals surface area (Å²) < 4.78 is 4.70. The van der Waals surface area contributed by atoms with Crippen LogP contribution in [-0.4, -0.2) is 55.6 Å². The second kappa shape index (κ2) is 7.41. The van der Waals surface area contributed by atoms with Crippen molar-refractivity contribution in [3.8, 4) is 0 Å². The third-order valence-corrected chi connectivity index (χ3v) is 3.88. The van der Waals surface area contributed by atoms with E-state index < -0.39 is 0 Å². The number of aryl methyl sites for hydroxylation is 1. The molecule has 1 aliphatic rings. The minimum Gasteiger partial charge on any atom is -0.468 e. The van der Waals surface area contributed by atoms with Crippen LogP contribution in [0, 0.1) is 0 Å².